The van der Waals surface area contributed by atoms with Crippen LogP contribution in [0.15, 0.2) is 0 Å². The molecule has 1 aromatic heterocycles. The van der Waals surface area contributed by atoms with Crippen molar-refractivity contribution in [3.05, 3.63) is 5.82 Å². The first-order valence-electron chi connectivity index (χ1n) is 5.20. The Bertz CT molecular complexity index is 328. The van der Waals surface area contributed by atoms with Gasteiger partial charge in [-0.3, -0.25) is 0 Å². The van der Waals surface area contributed by atoms with Gasteiger partial charge in [-0.15, -0.1) is 16.7 Å². The number of nitrogens with zero attached hydrogens (tertiary/aromatic N) is 4. The second kappa shape index (κ2) is 4.45. The standard InChI is InChI=1S/C9H15ClN4O/c1-6(10)9-11-12-13-14(9)5-8-3-4-15-7(8)2/h6-8H,3-5H2,1-2H3. The Hall–Kier alpha value is -0.680. The van der Waals surface area contributed by atoms with E-state index in [9.17, 15) is 0 Å². The van der Waals surface area contributed by atoms with Crippen LogP contribution >= 0.6 is 11.6 Å². The van der Waals surface area contributed by atoms with Crippen LogP contribution in [0.25, 0.3) is 0 Å². The van der Waals surface area contributed by atoms with E-state index in [1.807, 2.05) is 6.92 Å². The maximum atomic E-state index is 5.98. The molecule has 0 amide bonds. The van der Waals surface area contributed by atoms with Crippen LogP contribution in [0.5, 0.6) is 0 Å². The molecular formula is C9H15ClN4O. The Balaban J connectivity index is 2.06. The maximum Gasteiger partial charge on any atom is 0.168 e. The fraction of sp³-hybridized carbons (Fsp3) is 0.889. The summed E-state index contributed by atoms with van der Waals surface area (Å²) in [7, 11) is 0. The molecule has 15 heavy (non-hydrogen) atoms. The van der Waals surface area contributed by atoms with Gasteiger partial charge in [-0.25, -0.2) is 4.68 Å². The van der Waals surface area contributed by atoms with Crippen molar-refractivity contribution in [2.24, 2.45) is 5.92 Å². The number of ether oxygens (including phenoxy) is 1. The minimum atomic E-state index is -0.155. The van der Waals surface area contributed by atoms with Gasteiger partial charge in [0.05, 0.1) is 18.0 Å². The van der Waals surface area contributed by atoms with E-state index in [1.165, 1.54) is 0 Å². The highest BCUT2D eigenvalue weighted by Crippen LogP contribution is 2.23. The number of halogens is 1. The van der Waals surface area contributed by atoms with Crippen molar-refractivity contribution >= 4 is 11.6 Å². The third-order valence-electron chi connectivity index (χ3n) is 2.86. The lowest BCUT2D eigenvalue weighted by molar-refractivity contribution is 0.100. The number of alkyl halides is 1. The summed E-state index contributed by atoms with van der Waals surface area (Å²) in [5.41, 5.74) is 0. The number of tetrazole rings is 1. The van der Waals surface area contributed by atoms with E-state index >= 15 is 0 Å². The van der Waals surface area contributed by atoms with Gasteiger partial charge in [0, 0.05) is 12.5 Å². The average Bonchev–Trinajstić information content (AvgIpc) is 2.77. The average molecular weight is 231 g/mol. The van der Waals surface area contributed by atoms with Gasteiger partial charge in [-0.2, -0.15) is 0 Å². The summed E-state index contributed by atoms with van der Waals surface area (Å²) in [4.78, 5) is 0. The summed E-state index contributed by atoms with van der Waals surface area (Å²) in [5.74, 6) is 1.22. The van der Waals surface area contributed by atoms with E-state index in [2.05, 4.69) is 22.4 Å². The molecule has 0 bridgehead atoms. The highest BCUT2D eigenvalue weighted by Gasteiger charge is 2.26. The highest BCUT2D eigenvalue weighted by molar-refractivity contribution is 6.20. The molecule has 1 saturated heterocycles. The minimum Gasteiger partial charge on any atom is -0.378 e. The Kier molecular flexibility index (Phi) is 3.21. The predicted molar refractivity (Wildman–Crippen MR) is 55.6 cm³/mol. The van der Waals surface area contributed by atoms with Crippen LogP contribution in [-0.4, -0.2) is 32.9 Å². The molecule has 0 aliphatic carbocycles. The molecule has 3 unspecified atom stereocenters. The molecular weight excluding hydrogens is 216 g/mol. The molecule has 0 radical (unpaired) electrons. The summed E-state index contributed by atoms with van der Waals surface area (Å²) >= 11 is 5.98. The molecule has 5 nitrogen and oxygen atoms in total. The molecule has 1 aliphatic rings. The molecule has 2 heterocycles. The van der Waals surface area contributed by atoms with Gasteiger partial charge >= 0.3 is 0 Å². The van der Waals surface area contributed by atoms with Crippen LogP contribution in [0.2, 0.25) is 0 Å². The Morgan fingerprint density at radius 2 is 2.47 bits per heavy atom. The van der Waals surface area contributed by atoms with Crippen molar-refractivity contribution in [3.8, 4) is 0 Å². The molecule has 0 saturated carbocycles. The zero-order chi connectivity index (χ0) is 10.8. The summed E-state index contributed by atoms with van der Waals surface area (Å²) < 4.78 is 7.28. The smallest absolute Gasteiger partial charge is 0.168 e. The van der Waals surface area contributed by atoms with Crippen LogP contribution in [0.3, 0.4) is 0 Å². The lowest BCUT2D eigenvalue weighted by Crippen LogP contribution is -2.20. The third kappa shape index (κ3) is 2.29. The van der Waals surface area contributed by atoms with E-state index in [-0.39, 0.29) is 11.5 Å². The van der Waals surface area contributed by atoms with Gasteiger partial charge in [-0.05, 0) is 30.7 Å². The van der Waals surface area contributed by atoms with Crippen LogP contribution in [-0.2, 0) is 11.3 Å². The first kappa shape index (κ1) is 10.8. The van der Waals surface area contributed by atoms with Crippen LogP contribution < -0.4 is 0 Å². The molecule has 0 N–H and O–H groups in total. The van der Waals surface area contributed by atoms with Gasteiger partial charge in [0.2, 0.25) is 0 Å². The van der Waals surface area contributed by atoms with Crippen molar-refractivity contribution in [2.45, 2.75) is 38.3 Å². The second-order valence-corrected chi connectivity index (χ2v) is 4.61. The van der Waals surface area contributed by atoms with Crippen molar-refractivity contribution in [1.82, 2.24) is 20.2 Å². The van der Waals surface area contributed by atoms with Crippen molar-refractivity contribution < 1.29 is 4.74 Å². The maximum absolute atomic E-state index is 5.98. The largest absolute Gasteiger partial charge is 0.378 e. The first-order chi connectivity index (χ1) is 7.18. The fourth-order valence-corrected chi connectivity index (χ4v) is 2.02. The molecule has 6 heteroatoms. The zero-order valence-corrected chi connectivity index (χ0v) is 9.68. The monoisotopic (exact) mass is 230 g/mol. The summed E-state index contributed by atoms with van der Waals surface area (Å²) in [6.45, 7) is 5.59. The number of hydrogen-bond donors (Lipinski definition) is 0. The lowest BCUT2D eigenvalue weighted by Gasteiger charge is -2.14. The van der Waals surface area contributed by atoms with Gasteiger partial charge in [0.25, 0.3) is 0 Å². The molecule has 84 valence electrons. The molecule has 1 fully saturated rings. The number of aromatic nitrogens is 4. The summed E-state index contributed by atoms with van der Waals surface area (Å²) in [6, 6.07) is 0. The zero-order valence-electron chi connectivity index (χ0n) is 8.93. The number of hydrogen-bond acceptors (Lipinski definition) is 4. The lowest BCUT2D eigenvalue weighted by atomic mass is 10.0. The predicted octanol–water partition coefficient (Wildman–Crippen LogP) is 1.40. The SMILES string of the molecule is CC(Cl)c1nnnn1CC1CCOC1C. The molecule has 1 aromatic rings. The van der Waals surface area contributed by atoms with E-state index in [1.54, 1.807) is 4.68 Å². The van der Waals surface area contributed by atoms with Crippen LogP contribution in [0.1, 0.15) is 31.5 Å². The molecule has 2 rings (SSSR count). The van der Waals surface area contributed by atoms with Crippen molar-refractivity contribution in [2.75, 3.05) is 6.61 Å². The van der Waals surface area contributed by atoms with Crippen molar-refractivity contribution in [3.63, 3.8) is 0 Å². The second-order valence-electron chi connectivity index (χ2n) is 3.96. The van der Waals surface area contributed by atoms with Crippen molar-refractivity contribution in [1.29, 1.82) is 0 Å². The van der Waals surface area contributed by atoms with Gasteiger partial charge in [-0.1, -0.05) is 0 Å². The minimum absolute atomic E-state index is 0.155. The van der Waals surface area contributed by atoms with E-state index < -0.39 is 0 Å². The fourth-order valence-electron chi connectivity index (χ4n) is 1.86. The van der Waals surface area contributed by atoms with Gasteiger partial charge in [0.1, 0.15) is 0 Å². The van der Waals surface area contributed by atoms with E-state index in [4.69, 9.17) is 16.3 Å². The van der Waals surface area contributed by atoms with E-state index in [0.29, 0.717) is 5.92 Å². The Labute approximate surface area is 93.7 Å². The summed E-state index contributed by atoms with van der Waals surface area (Å²) in [6.07, 6.45) is 1.35. The van der Waals surface area contributed by atoms with E-state index in [0.717, 1.165) is 25.4 Å². The van der Waals surface area contributed by atoms with Gasteiger partial charge < -0.3 is 4.74 Å². The van der Waals surface area contributed by atoms with Gasteiger partial charge in [0.15, 0.2) is 5.82 Å². The van der Waals surface area contributed by atoms with Crippen LogP contribution in [0.4, 0.5) is 0 Å². The molecule has 1 aliphatic heterocycles. The quantitative estimate of drug-likeness (QED) is 0.737. The normalized spacial score (nSPS) is 28.2. The molecule has 3 atom stereocenters. The summed E-state index contributed by atoms with van der Waals surface area (Å²) in [5, 5.41) is 11.4. The Morgan fingerprint density at radius 3 is 3.07 bits per heavy atom. The molecule has 0 spiro atoms. The molecule has 0 aromatic carbocycles. The number of rotatable bonds is 3. The van der Waals surface area contributed by atoms with Crippen LogP contribution in [0, 0.1) is 5.92 Å². The third-order valence-corrected chi connectivity index (χ3v) is 3.05. The highest BCUT2D eigenvalue weighted by atomic mass is 35.5. The topological polar surface area (TPSA) is 52.8 Å². The Morgan fingerprint density at radius 1 is 1.67 bits per heavy atom. The first-order valence-corrected chi connectivity index (χ1v) is 5.64.